The smallest absolute Gasteiger partial charge is 0.279 e. The molecule has 1 aromatic carbocycles. The highest BCUT2D eigenvalue weighted by Gasteiger charge is 2.16. The molecule has 1 rings (SSSR count). The van der Waals surface area contributed by atoms with Crippen LogP contribution in [0, 0.1) is 10.1 Å². The summed E-state index contributed by atoms with van der Waals surface area (Å²) in [6.07, 6.45) is -0.755. The van der Waals surface area contributed by atoms with Crippen LogP contribution in [-0.4, -0.2) is 36.1 Å². The van der Waals surface area contributed by atoms with Crippen molar-refractivity contribution in [2.24, 2.45) is 0 Å². The van der Waals surface area contributed by atoms with Gasteiger partial charge in [-0.25, -0.2) is 0 Å². The Bertz CT molecular complexity index is 546. The molecule has 1 aromatic rings. The Morgan fingerprint density at radius 1 is 1.26 bits per heavy atom. The van der Waals surface area contributed by atoms with E-state index in [9.17, 15) is 19.7 Å². The van der Waals surface area contributed by atoms with E-state index in [1.807, 2.05) is 6.92 Å². The standard InChI is InChI=1S/C14H19N3O6/c1-3-22-9-8-13(18)15-16-14(19)10(2)23-12-6-4-11(5-7-12)17(20)21/h4-7,10H,3,8-9H2,1-2H3,(H,15,18)(H,16,19). The lowest BCUT2D eigenvalue weighted by Crippen LogP contribution is -2.47. The van der Waals surface area contributed by atoms with E-state index in [1.165, 1.54) is 31.2 Å². The molecule has 2 amide bonds. The van der Waals surface area contributed by atoms with Crippen molar-refractivity contribution in [3.05, 3.63) is 34.4 Å². The number of nitro groups is 1. The number of nitrogens with zero attached hydrogens (tertiary/aromatic N) is 1. The van der Waals surface area contributed by atoms with Gasteiger partial charge in [0.2, 0.25) is 5.91 Å². The summed E-state index contributed by atoms with van der Waals surface area (Å²) in [4.78, 5) is 33.2. The minimum absolute atomic E-state index is 0.0731. The van der Waals surface area contributed by atoms with Crippen LogP contribution in [0.3, 0.4) is 0 Å². The number of nitro benzene ring substituents is 1. The van der Waals surface area contributed by atoms with Crippen molar-refractivity contribution in [3.63, 3.8) is 0 Å². The third kappa shape index (κ3) is 6.74. The fourth-order valence-corrected chi connectivity index (χ4v) is 1.51. The zero-order chi connectivity index (χ0) is 17.2. The van der Waals surface area contributed by atoms with Crippen molar-refractivity contribution >= 4 is 17.5 Å². The molecule has 0 aliphatic heterocycles. The lowest BCUT2D eigenvalue weighted by atomic mass is 10.3. The van der Waals surface area contributed by atoms with Gasteiger partial charge in [0, 0.05) is 18.7 Å². The summed E-state index contributed by atoms with van der Waals surface area (Å²) in [5, 5.41) is 10.5. The fourth-order valence-electron chi connectivity index (χ4n) is 1.51. The van der Waals surface area contributed by atoms with Crippen LogP contribution < -0.4 is 15.6 Å². The van der Waals surface area contributed by atoms with Gasteiger partial charge in [-0.2, -0.15) is 0 Å². The molecule has 0 saturated heterocycles. The van der Waals surface area contributed by atoms with Gasteiger partial charge in [-0.3, -0.25) is 30.6 Å². The number of ether oxygens (including phenoxy) is 2. The highest BCUT2D eigenvalue weighted by Crippen LogP contribution is 2.18. The topological polar surface area (TPSA) is 120 Å². The molecular weight excluding hydrogens is 306 g/mol. The molecule has 2 N–H and O–H groups in total. The van der Waals surface area contributed by atoms with Gasteiger partial charge in [-0.1, -0.05) is 0 Å². The number of hydrogen-bond donors (Lipinski definition) is 2. The van der Waals surface area contributed by atoms with Crippen molar-refractivity contribution < 1.29 is 24.0 Å². The maximum absolute atomic E-state index is 11.8. The number of rotatable bonds is 8. The van der Waals surface area contributed by atoms with Gasteiger partial charge < -0.3 is 9.47 Å². The van der Waals surface area contributed by atoms with Gasteiger partial charge in [0.1, 0.15) is 5.75 Å². The Hall–Kier alpha value is -2.68. The minimum Gasteiger partial charge on any atom is -0.481 e. The first-order valence-corrected chi connectivity index (χ1v) is 7.01. The van der Waals surface area contributed by atoms with Crippen LogP contribution in [0.15, 0.2) is 24.3 Å². The molecule has 0 radical (unpaired) electrons. The van der Waals surface area contributed by atoms with Crippen LogP contribution in [0.2, 0.25) is 0 Å². The molecule has 0 aromatic heterocycles. The van der Waals surface area contributed by atoms with Crippen LogP contribution in [-0.2, 0) is 14.3 Å². The predicted octanol–water partition coefficient (Wildman–Crippen LogP) is 0.936. The number of amides is 2. The Morgan fingerprint density at radius 2 is 1.91 bits per heavy atom. The fraction of sp³-hybridized carbons (Fsp3) is 0.429. The van der Waals surface area contributed by atoms with E-state index in [4.69, 9.17) is 9.47 Å². The Labute approximate surface area is 133 Å². The van der Waals surface area contributed by atoms with E-state index < -0.39 is 16.9 Å². The normalized spacial score (nSPS) is 11.4. The van der Waals surface area contributed by atoms with E-state index in [-0.39, 0.29) is 24.6 Å². The van der Waals surface area contributed by atoms with Gasteiger partial charge in [-0.05, 0) is 26.0 Å². The molecule has 9 heteroatoms. The summed E-state index contributed by atoms with van der Waals surface area (Å²) >= 11 is 0. The van der Waals surface area contributed by atoms with E-state index in [2.05, 4.69) is 10.9 Å². The highest BCUT2D eigenvalue weighted by atomic mass is 16.6. The second-order valence-electron chi connectivity index (χ2n) is 4.50. The van der Waals surface area contributed by atoms with Crippen LogP contribution in [0.25, 0.3) is 0 Å². The summed E-state index contributed by atoms with van der Waals surface area (Å²) in [6, 6.07) is 5.33. The van der Waals surface area contributed by atoms with Crippen molar-refractivity contribution in [2.75, 3.05) is 13.2 Å². The number of nitrogens with one attached hydrogen (secondary N) is 2. The number of carbonyl (C=O) groups excluding carboxylic acids is 2. The molecule has 1 atom stereocenters. The summed E-state index contributed by atoms with van der Waals surface area (Å²) in [5.74, 6) is -0.622. The van der Waals surface area contributed by atoms with Crippen LogP contribution >= 0.6 is 0 Å². The van der Waals surface area contributed by atoms with Crippen molar-refractivity contribution in [1.29, 1.82) is 0 Å². The van der Waals surface area contributed by atoms with Crippen LogP contribution in [0.5, 0.6) is 5.75 Å². The highest BCUT2D eigenvalue weighted by molar-refractivity contribution is 5.84. The number of hydrazine groups is 1. The van der Waals surface area contributed by atoms with E-state index in [1.54, 1.807) is 0 Å². The molecule has 0 aliphatic rings. The maximum Gasteiger partial charge on any atom is 0.279 e. The largest absolute Gasteiger partial charge is 0.481 e. The van der Waals surface area contributed by atoms with Gasteiger partial charge in [0.05, 0.1) is 18.0 Å². The molecule has 1 unspecified atom stereocenters. The van der Waals surface area contributed by atoms with Gasteiger partial charge in [0.15, 0.2) is 6.10 Å². The lowest BCUT2D eigenvalue weighted by Gasteiger charge is -2.15. The molecule has 0 fully saturated rings. The van der Waals surface area contributed by atoms with Crippen molar-refractivity contribution in [3.8, 4) is 5.75 Å². The first kappa shape index (κ1) is 18.4. The molecule has 23 heavy (non-hydrogen) atoms. The number of carbonyl (C=O) groups is 2. The summed E-state index contributed by atoms with van der Waals surface area (Å²) in [5.41, 5.74) is 4.40. The van der Waals surface area contributed by atoms with E-state index in [0.29, 0.717) is 12.4 Å². The van der Waals surface area contributed by atoms with E-state index >= 15 is 0 Å². The molecule has 0 heterocycles. The Morgan fingerprint density at radius 3 is 2.48 bits per heavy atom. The third-order valence-electron chi connectivity index (χ3n) is 2.73. The second kappa shape index (κ2) is 9.36. The van der Waals surface area contributed by atoms with Gasteiger partial charge in [-0.15, -0.1) is 0 Å². The average molecular weight is 325 g/mol. The molecule has 0 saturated carbocycles. The SMILES string of the molecule is CCOCCC(=O)NNC(=O)C(C)Oc1ccc([N+](=O)[O-])cc1. The number of benzene rings is 1. The van der Waals surface area contributed by atoms with Gasteiger partial charge >= 0.3 is 0 Å². The quantitative estimate of drug-likeness (QED) is 0.417. The first-order valence-electron chi connectivity index (χ1n) is 7.01. The van der Waals surface area contributed by atoms with Gasteiger partial charge in [0.25, 0.3) is 11.6 Å². The lowest BCUT2D eigenvalue weighted by molar-refractivity contribution is -0.384. The van der Waals surface area contributed by atoms with Crippen molar-refractivity contribution in [1.82, 2.24) is 10.9 Å². The molecule has 0 bridgehead atoms. The number of non-ortho nitro benzene ring substituents is 1. The molecule has 0 spiro atoms. The molecule has 0 aliphatic carbocycles. The third-order valence-corrected chi connectivity index (χ3v) is 2.73. The maximum atomic E-state index is 11.8. The zero-order valence-corrected chi connectivity index (χ0v) is 12.9. The minimum atomic E-state index is -0.886. The zero-order valence-electron chi connectivity index (χ0n) is 12.9. The number of hydrogen-bond acceptors (Lipinski definition) is 6. The Balaban J connectivity index is 2.38. The van der Waals surface area contributed by atoms with Crippen LogP contribution in [0.4, 0.5) is 5.69 Å². The molecule has 126 valence electrons. The molecular formula is C14H19N3O6. The van der Waals surface area contributed by atoms with E-state index in [0.717, 1.165) is 0 Å². The second-order valence-corrected chi connectivity index (χ2v) is 4.50. The first-order chi connectivity index (χ1) is 10.9. The summed E-state index contributed by atoms with van der Waals surface area (Å²) in [7, 11) is 0. The van der Waals surface area contributed by atoms with Crippen LogP contribution in [0.1, 0.15) is 20.3 Å². The average Bonchev–Trinajstić information content (AvgIpc) is 2.53. The monoisotopic (exact) mass is 325 g/mol. The predicted molar refractivity (Wildman–Crippen MR) is 80.6 cm³/mol. The summed E-state index contributed by atoms with van der Waals surface area (Å²) < 4.78 is 10.3. The summed E-state index contributed by atoms with van der Waals surface area (Å²) in [6.45, 7) is 4.09. The Kier molecular flexibility index (Phi) is 7.48. The molecule has 9 nitrogen and oxygen atoms in total. The van der Waals surface area contributed by atoms with Crippen molar-refractivity contribution in [2.45, 2.75) is 26.4 Å².